The standard InChI is InChI=1S/C61H63N/c1-57(2)32-34-59(5,6)54-36-43(26-30-51(54)57)40-20-22-42(23-21-40)48-38-49-47-18-14-15-19-50(47)61(9,10)53(49)39-56(48)62(45-16-12-11-13-17-45)46-28-24-41(25-29-46)44-27-31-52-55(37-44)60(7,8)35-33-58(52,3)4/h11-31,36-39H,32-35H2,1-10H3. The highest BCUT2D eigenvalue weighted by Crippen LogP contribution is 2.54. The lowest BCUT2D eigenvalue weighted by molar-refractivity contribution is 0.332. The van der Waals surface area contributed by atoms with Crippen LogP contribution in [-0.2, 0) is 27.1 Å². The van der Waals surface area contributed by atoms with Gasteiger partial charge >= 0.3 is 0 Å². The first-order valence-corrected chi connectivity index (χ1v) is 23.1. The molecule has 0 spiro atoms. The van der Waals surface area contributed by atoms with E-state index in [0.717, 1.165) is 11.4 Å². The van der Waals surface area contributed by atoms with E-state index in [-0.39, 0.29) is 27.1 Å². The van der Waals surface area contributed by atoms with Crippen LogP contribution in [0.5, 0.6) is 0 Å². The zero-order chi connectivity index (χ0) is 43.4. The molecular formula is C61H63N. The fourth-order valence-electron chi connectivity index (χ4n) is 11.3. The van der Waals surface area contributed by atoms with Gasteiger partial charge in [0.15, 0.2) is 0 Å². The smallest absolute Gasteiger partial charge is 0.0543 e. The van der Waals surface area contributed by atoms with E-state index in [2.05, 4.69) is 226 Å². The molecule has 3 aliphatic carbocycles. The SMILES string of the molecule is CC1(C)CCC(C)(C)c2cc(-c3ccc(-c4cc5c(cc4N(c4ccccc4)c4ccc(-c6ccc7c(c6)C(C)(C)CCC7(C)C)cc4)C(C)(C)c4ccccc4-5)cc3)ccc21. The van der Waals surface area contributed by atoms with E-state index in [1.807, 2.05) is 0 Å². The maximum absolute atomic E-state index is 2.50. The van der Waals surface area contributed by atoms with Crippen molar-refractivity contribution in [1.82, 2.24) is 0 Å². The van der Waals surface area contributed by atoms with Gasteiger partial charge in [-0.25, -0.2) is 0 Å². The average Bonchev–Trinajstić information content (AvgIpc) is 3.49. The second-order valence-electron chi connectivity index (χ2n) is 21.9. The molecule has 0 atom stereocenters. The van der Waals surface area contributed by atoms with Crippen molar-refractivity contribution in [1.29, 1.82) is 0 Å². The van der Waals surface area contributed by atoms with Crippen LogP contribution >= 0.6 is 0 Å². The maximum atomic E-state index is 2.50. The third-order valence-corrected chi connectivity index (χ3v) is 15.6. The third kappa shape index (κ3) is 6.58. The Labute approximate surface area is 371 Å². The van der Waals surface area contributed by atoms with Crippen LogP contribution in [0.1, 0.15) is 128 Å². The quantitative estimate of drug-likeness (QED) is 0.162. The molecule has 1 nitrogen and oxygen atoms in total. The van der Waals surface area contributed by atoms with Gasteiger partial charge in [0.1, 0.15) is 0 Å². The largest absolute Gasteiger partial charge is 0.310 e. The lowest BCUT2D eigenvalue weighted by atomic mass is 9.63. The molecule has 0 aromatic heterocycles. The van der Waals surface area contributed by atoms with Gasteiger partial charge in [0.05, 0.1) is 5.69 Å². The van der Waals surface area contributed by atoms with E-state index in [9.17, 15) is 0 Å². The summed E-state index contributed by atoms with van der Waals surface area (Å²) < 4.78 is 0. The number of fused-ring (bicyclic) bond motifs is 5. The molecule has 7 aromatic carbocycles. The number of anilines is 3. The Kier molecular flexibility index (Phi) is 9.24. The third-order valence-electron chi connectivity index (χ3n) is 15.6. The van der Waals surface area contributed by atoms with Crippen LogP contribution in [0.2, 0.25) is 0 Å². The number of rotatable bonds is 6. The molecule has 0 unspecified atom stereocenters. The van der Waals surface area contributed by atoms with Crippen molar-refractivity contribution >= 4 is 17.1 Å². The molecule has 3 aliphatic rings. The summed E-state index contributed by atoms with van der Waals surface area (Å²) in [5, 5.41) is 0. The van der Waals surface area contributed by atoms with Crippen LogP contribution in [0.3, 0.4) is 0 Å². The van der Waals surface area contributed by atoms with Gasteiger partial charge in [-0.05, 0) is 156 Å². The molecule has 0 fully saturated rings. The van der Waals surface area contributed by atoms with Crippen LogP contribution in [-0.4, -0.2) is 0 Å². The molecule has 10 rings (SSSR count). The summed E-state index contributed by atoms with van der Waals surface area (Å²) in [7, 11) is 0. The van der Waals surface area contributed by atoms with Crippen LogP contribution in [0, 0.1) is 0 Å². The van der Waals surface area contributed by atoms with Gasteiger partial charge in [-0.1, -0.05) is 184 Å². The zero-order valence-corrected chi connectivity index (χ0v) is 38.7. The monoisotopic (exact) mass is 809 g/mol. The maximum Gasteiger partial charge on any atom is 0.0543 e. The van der Waals surface area contributed by atoms with Gasteiger partial charge in [-0.15, -0.1) is 0 Å². The Morgan fingerprint density at radius 2 is 0.742 bits per heavy atom. The molecule has 0 radical (unpaired) electrons. The van der Waals surface area contributed by atoms with Crippen molar-refractivity contribution in [2.24, 2.45) is 0 Å². The van der Waals surface area contributed by atoms with Crippen molar-refractivity contribution in [3.05, 3.63) is 185 Å². The number of hydrogen-bond donors (Lipinski definition) is 0. The zero-order valence-electron chi connectivity index (χ0n) is 38.7. The Balaban J connectivity index is 1.11. The Hall–Kier alpha value is -5.66. The Bertz CT molecular complexity index is 2850. The fraction of sp³-hybridized carbons (Fsp3) is 0.311. The van der Waals surface area contributed by atoms with Gasteiger partial charge in [-0.3, -0.25) is 0 Å². The first-order valence-electron chi connectivity index (χ1n) is 23.1. The number of benzene rings is 7. The summed E-state index contributed by atoms with van der Waals surface area (Å²) in [6.45, 7) is 24.1. The highest BCUT2D eigenvalue weighted by molar-refractivity contribution is 5.95. The molecule has 0 N–H and O–H groups in total. The average molecular weight is 810 g/mol. The van der Waals surface area contributed by atoms with E-state index < -0.39 is 0 Å². The van der Waals surface area contributed by atoms with Crippen molar-refractivity contribution in [2.45, 2.75) is 122 Å². The molecule has 7 aromatic rings. The van der Waals surface area contributed by atoms with E-state index in [4.69, 9.17) is 0 Å². The normalized spacial score (nSPS) is 18.2. The minimum Gasteiger partial charge on any atom is -0.310 e. The molecule has 0 saturated heterocycles. The lowest BCUT2D eigenvalue weighted by Gasteiger charge is -2.42. The summed E-state index contributed by atoms with van der Waals surface area (Å²) >= 11 is 0. The summed E-state index contributed by atoms with van der Waals surface area (Å²) in [5.41, 5.74) is 23.0. The molecular weight excluding hydrogens is 747 g/mol. The summed E-state index contributed by atoms with van der Waals surface area (Å²) in [6, 6.07) is 58.1. The van der Waals surface area contributed by atoms with Crippen LogP contribution in [0.4, 0.5) is 17.1 Å². The van der Waals surface area contributed by atoms with Crippen molar-refractivity contribution in [2.75, 3.05) is 4.90 Å². The molecule has 0 heterocycles. The van der Waals surface area contributed by atoms with Gasteiger partial charge in [0.2, 0.25) is 0 Å². The predicted molar refractivity (Wildman–Crippen MR) is 266 cm³/mol. The minimum atomic E-state index is -0.140. The number of para-hydroxylation sites is 1. The summed E-state index contributed by atoms with van der Waals surface area (Å²) in [4.78, 5) is 2.48. The molecule has 312 valence electrons. The molecule has 0 aliphatic heterocycles. The second-order valence-corrected chi connectivity index (χ2v) is 21.9. The van der Waals surface area contributed by atoms with E-state index in [1.54, 1.807) is 0 Å². The molecule has 0 saturated carbocycles. The lowest BCUT2D eigenvalue weighted by Crippen LogP contribution is -2.33. The molecule has 62 heavy (non-hydrogen) atoms. The number of hydrogen-bond acceptors (Lipinski definition) is 1. The van der Waals surface area contributed by atoms with Crippen molar-refractivity contribution < 1.29 is 0 Å². The van der Waals surface area contributed by atoms with Gasteiger partial charge in [0.25, 0.3) is 0 Å². The molecule has 0 bridgehead atoms. The van der Waals surface area contributed by atoms with Crippen molar-refractivity contribution in [3.8, 4) is 44.5 Å². The number of nitrogens with zero attached hydrogens (tertiary/aromatic N) is 1. The van der Waals surface area contributed by atoms with E-state index >= 15 is 0 Å². The fourth-order valence-corrected chi connectivity index (χ4v) is 11.3. The predicted octanol–water partition coefficient (Wildman–Crippen LogP) is 17.2. The topological polar surface area (TPSA) is 3.24 Å². The molecule has 0 amide bonds. The van der Waals surface area contributed by atoms with Crippen LogP contribution in [0.15, 0.2) is 152 Å². The first-order chi connectivity index (χ1) is 29.4. The second kappa shape index (κ2) is 14.2. The molecule has 1 heteroatoms. The van der Waals surface area contributed by atoms with Crippen LogP contribution in [0.25, 0.3) is 44.5 Å². The van der Waals surface area contributed by atoms with Crippen LogP contribution < -0.4 is 4.90 Å². The minimum absolute atomic E-state index is 0.140. The summed E-state index contributed by atoms with van der Waals surface area (Å²) in [6.07, 6.45) is 4.86. The van der Waals surface area contributed by atoms with Gasteiger partial charge in [-0.2, -0.15) is 0 Å². The highest BCUT2D eigenvalue weighted by atomic mass is 15.1. The van der Waals surface area contributed by atoms with E-state index in [1.165, 1.54) is 109 Å². The Morgan fingerprint density at radius 1 is 0.306 bits per heavy atom. The van der Waals surface area contributed by atoms with Crippen molar-refractivity contribution in [3.63, 3.8) is 0 Å². The van der Waals surface area contributed by atoms with Gasteiger partial charge in [0, 0.05) is 22.4 Å². The van der Waals surface area contributed by atoms with Gasteiger partial charge < -0.3 is 4.90 Å². The first kappa shape index (κ1) is 40.4. The highest BCUT2D eigenvalue weighted by Gasteiger charge is 2.39. The summed E-state index contributed by atoms with van der Waals surface area (Å²) in [5.74, 6) is 0. The Morgan fingerprint density at radius 3 is 1.29 bits per heavy atom. The van der Waals surface area contributed by atoms with E-state index in [0.29, 0.717) is 0 Å².